The number of hydrogen-bond donors (Lipinski definition) is 2. The highest BCUT2D eigenvalue weighted by Gasteiger charge is 2.14. The van der Waals surface area contributed by atoms with Gasteiger partial charge in [-0.1, -0.05) is 43.3 Å². The van der Waals surface area contributed by atoms with Crippen LogP contribution in [-0.4, -0.2) is 30.7 Å². The van der Waals surface area contributed by atoms with Crippen LogP contribution in [0.3, 0.4) is 0 Å². The molecule has 1 atom stereocenters. The summed E-state index contributed by atoms with van der Waals surface area (Å²) in [6.07, 6.45) is 3.05. The van der Waals surface area contributed by atoms with Crippen LogP contribution in [0.4, 0.5) is 5.69 Å². The number of nitrogens with zero attached hydrogens (tertiary/aromatic N) is 1. The number of carbonyl (C=O) groups is 1. The van der Waals surface area contributed by atoms with Gasteiger partial charge in [-0.25, -0.2) is 4.98 Å². The van der Waals surface area contributed by atoms with Gasteiger partial charge in [0, 0.05) is 15.8 Å². The van der Waals surface area contributed by atoms with E-state index in [1.807, 2.05) is 37.6 Å². The van der Waals surface area contributed by atoms with E-state index in [1.54, 1.807) is 23.1 Å². The summed E-state index contributed by atoms with van der Waals surface area (Å²) in [5, 5.41) is 6.14. The molecule has 4 nitrogen and oxygen atoms in total. The summed E-state index contributed by atoms with van der Waals surface area (Å²) in [7, 11) is 2.02. The Morgan fingerprint density at radius 1 is 1.18 bits per heavy atom. The lowest BCUT2D eigenvalue weighted by atomic mass is 10.1. The van der Waals surface area contributed by atoms with Crippen molar-refractivity contribution in [2.45, 2.75) is 24.8 Å². The molecule has 1 aromatic heterocycles. The molecule has 0 radical (unpaired) electrons. The number of rotatable bonds is 8. The van der Waals surface area contributed by atoms with Crippen molar-refractivity contribution in [2.24, 2.45) is 0 Å². The summed E-state index contributed by atoms with van der Waals surface area (Å²) in [5.74, 6) is 0.0182. The number of thiazole rings is 1. The van der Waals surface area contributed by atoms with Crippen LogP contribution in [0.1, 0.15) is 18.2 Å². The van der Waals surface area contributed by atoms with Crippen molar-refractivity contribution >= 4 is 34.7 Å². The van der Waals surface area contributed by atoms with Gasteiger partial charge in [-0.05, 0) is 30.4 Å². The Labute approximate surface area is 175 Å². The third-order valence-electron chi connectivity index (χ3n) is 4.49. The van der Waals surface area contributed by atoms with Crippen molar-refractivity contribution in [1.29, 1.82) is 0 Å². The molecule has 1 amide bonds. The quantitative estimate of drug-likeness (QED) is 0.554. The predicted molar refractivity (Wildman–Crippen MR) is 119 cm³/mol. The van der Waals surface area contributed by atoms with Gasteiger partial charge in [0.05, 0.1) is 12.7 Å². The lowest BCUT2D eigenvalue weighted by Gasteiger charge is -2.13. The van der Waals surface area contributed by atoms with Crippen LogP contribution in [0, 0.1) is 0 Å². The standard InChI is InChI=1S/C22H25N3OS2/c1-4-16-9-11-17(12-10-16)22-23-18(15-28-22)13-25(2)14-21(26)24-19-7-5-6-8-20(19)27-3/h5-12,15H,4,13-14H2,1-3H3,(H,24,26)/p+1. The third-order valence-corrected chi connectivity index (χ3v) is 6.22. The molecule has 1 heterocycles. The van der Waals surface area contributed by atoms with Crippen molar-refractivity contribution in [1.82, 2.24) is 4.98 Å². The topological polar surface area (TPSA) is 46.4 Å². The second-order valence-corrected chi connectivity index (χ2v) is 8.46. The molecule has 0 aliphatic carbocycles. The van der Waals surface area contributed by atoms with E-state index in [-0.39, 0.29) is 5.91 Å². The fourth-order valence-electron chi connectivity index (χ4n) is 2.99. The van der Waals surface area contributed by atoms with Gasteiger partial charge in [0.25, 0.3) is 5.91 Å². The van der Waals surface area contributed by atoms with E-state index >= 15 is 0 Å². The van der Waals surface area contributed by atoms with Crippen LogP contribution in [0.2, 0.25) is 0 Å². The minimum atomic E-state index is 0.0182. The van der Waals surface area contributed by atoms with Gasteiger partial charge < -0.3 is 10.2 Å². The molecule has 0 spiro atoms. The van der Waals surface area contributed by atoms with E-state index in [2.05, 4.69) is 41.9 Å². The van der Waals surface area contributed by atoms with E-state index in [0.717, 1.165) is 44.7 Å². The molecular weight excluding hydrogens is 386 g/mol. The summed E-state index contributed by atoms with van der Waals surface area (Å²) >= 11 is 3.29. The fraction of sp³-hybridized carbons (Fsp3) is 0.273. The van der Waals surface area contributed by atoms with E-state index in [4.69, 9.17) is 4.98 Å². The number of nitrogens with one attached hydrogen (secondary N) is 2. The average Bonchev–Trinajstić information content (AvgIpc) is 3.16. The third kappa shape index (κ3) is 5.44. The molecule has 2 aromatic carbocycles. The number of thioether (sulfide) groups is 1. The zero-order valence-electron chi connectivity index (χ0n) is 16.5. The molecule has 28 heavy (non-hydrogen) atoms. The van der Waals surface area contributed by atoms with Gasteiger partial charge in [-0.15, -0.1) is 23.1 Å². The Morgan fingerprint density at radius 2 is 1.93 bits per heavy atom. The predicted octanol–water partition coefficient (Wildman–Crippen LogP) is 3.75. The average molecular weight is 413 g/mol. The molecule has 6 heteroatoms. The van der Waals surface area contributed by atoms with Crippen molar-refractivity contribution in [2.75, 3.05) is 25.2 Å². The Hall–Kier alpha value is -2.15. The molecule has 0 saturated carbocycles. The van der Waals surface area contributed by atoms with Gasteiger partial charge >= 0.3 is 0 Å². The highest BCUT2D eigenvalue weighted by Crippen LogP contribution is 2.25. The monoisotopic (exact) mass is 412 g/mol. The number of hydrogen-bond acceptors (Lipinski definition) is 4. The summed E-state index contributed by atoms with van der Waals surface area (Å²) in [4.78, 5) is 19.4. The van der Waals surface area contributed by atoms with Crippen molar-refractivity contribution < 1.29 is 9.69 Å². The van der Waals surface area contributed by atoms with Crippen molar-refractivity contribution in [3.8, 4) is 10.6 Å². The van der Waals surface area contributed by atoms with Crippen LogP contribution in [0.25, 0.3) is 10.6 Å². The smallest absolute Gasteiger partial charge is 0.279 e. The summed E-state index contributed by atoms with van der Waals surface area (Å²) in [6, 6.07) is 16.5. The molecule has 0 saturated heterocycles. The lowest BCUT2D eigenvalue weighted by Crippen LogP contribution is -3.08. The normalized spacial score (nSPS) is 12.0. The number of likely N-dealkylation sites (N-methyl/N-ethyl adjacent to an activating group) is 1. The molecule has 0 bridgehead atoms. The molecule has 0 aliphatic rings. The highest BCUT2D eigenvalue weighted by atomic mass is 32.2. The van der Waals surface area contributed by atoms with Crippen LogP contribution in [0.5, 0.6) is 0 Å². The minimum Gasteiger partial charge on any atom is -0.325 e. The fourth-order valence-corrected chi connectivity index (χ4v) is 4.37. The second kappa shape index (κ2) is 9.87. The maximum absolute atomic E-state index is 12.4. The number of anilines is 1. The number of aromatic nitrogens is 1. The van der Waals surface area contributed by atoms with Crippen molar-refractivity contribution in [3.63, 3.8) is 0 Å². The Balaban J connectivity index is 1.56. The number of benzene rings is 2. The first kappa shape index (κ1) is 20.6. The minimum absolute atomic E-state index is 0.0182. The van der Waals surface area contributed by atoms with Crippen molar-refractivity contribution in [3.05, 3.63) is 65.2 Å². The van der Waals surface area contributed by atoms with E-state index in [1.165, 1.54) is 5.56 Å². The molecule has 0 aliphatic heterocycles. The van der Waals surface area contributed by atoms with E-state index < -0.39 is 0 Å². The Kier molecular flexibility index (Phi) is 7.25. The molecule has 3 aromatic rings. The zero-order valence-corrected chi connectivity index (χ0v) is 18.1. The van der Waals surface area contributed by atoms with Crippen LogP contribution < -0.4 is 10.2 Å². The number of aryl methyl sites for hydroxylation is 1. The van der Waals surface area contributed by atoms with Gasteiger partial charge in [-0.2, -0.15) is 0 Å². The van der Waals surface area contributed by atoms with Gasteiger partial charge in [0.15, 0.2) is 6.54 Å². The number of amides is 1. The number of carbonyl (C=O) groups excluding carboxylic acids is 1. The van der Waals surface area contributed by atoms with E-state index in [9.17, 15) is 4.79 Å². The summed E-state index contributed by atoms with van der Waals surface area (Å²) in [6.45, 7) is 3.28. The second-order valence-electron chi connectivity index (χ2n) is 6.75. The maximum Gasteiger partial charge on any atom is 0.279 e. The number of quaternary nitrogens is 1. The molecule has 2 N–H and O–H groups in total. The summed E-state index contributed by atoms with van der Waals surface area (Å²) < 4.78 is 0. The van der Waals surface area contributed by atoms with E-state index in [0.29, 0.717) is 6.54 Å². The summed E-state index contributed by atoms with van der Waals surface area (Å²) in [5.41, 5.74) is 4.38. The first-order valence-corrected chi connectivity index (χ1v) is 11.5. The molecule has 1 unspecified atom stereocenters. The van der Waals surface area contributed by atoms with Crippen LogP contribution >= 0.6 is 23.1 Å². The molecule has 0 fully saturated rings. The Morgan fingerprint density at radius 3 is 2.64 bits per heavy atom. The van der Waals surface area contributed by atoms with Crippen LogP contribution in [-0.2, 0) is 17.8 Å². The maximum atomic E-state index is 12.4. The highest BCUT2D eigenvalue weighted by molar-refractivity contribution is 7.98. The zero-order chi connectivity index (χ0) is 19.9. The first-order chi connectivity index (χ1) is 13.6. The lowest BCUT2D eigenvalue weighted by molar-refractivity contribution is -0.885. The molecule has 146 valence electrons. The number of para-hydroxylation sites is 1. The van der Waals surface area contributed by atoms with Gasteiger partial charge in [-0.3, -0.25) is 4.79 Å². The molecular formula is C22H26N3OS2+. The largest absolute Gasteiger partial charge is 0.325 e. The van der Waals surface area contributed by atoms with Crippen LogP contribution in [0.15, 0.2) is 58.8 Å². The Bertz CT molecular complexity index is 922. The molecule has 3 rings (SSSR count). The van der Waals surface area contributed by atoms with Gasteiger partial charge in [0.2, 0.25) is 0 Å². The van der Waals surface area contributed by atoms with Gasteiger partial charge in [0.1, 0.15) is 17.2 Å². The SMILES string of the molecule is CCc1ccc(-c2nc(C[NH+](C)CC(=O)Nc3ccccc3SC)cs2)cc1. The first-order valence-electron chi connectivity index (χ1n) is 9.37.